The van der Waals surface area contributed by atoms with Crippen LogP contribution >= 0.6 is 23.2 Å². The number of carbonyl (C=O) groups is 1. The average molecular weight is 537 g/mol. The van der Waals surface area contributed by atoms with Gasteiger partial charge < -0.3 is 10.2 Å². The molecule has 192 valence electrons. The number of nitrogens with zero attached hydrogens (tertiary/aromatic N) is 4. The maximum atomic E-state index is 12.7. The third-order valence-corrected chi connectivity index (χ3v) is 7.14. The Kier molecular flexibility index (Phi) is 8.17. The highest BCUT2D eigenvalue weighted by atomic mass is 35.5. The molecule has 1 amide bonds. The van der Waals surface area contributed by atoms with E-state index in [-0.39, 0.29) is 11.7 Å². The Hall–Kier alpha value is -3.39. The van der Waals surface area contributed by atoms with Crippen LogP contribution in [-0.2, 0) is 4.79 Å². The SMILES string of the molecule is C=NC(=N)c1c(-c2ccc(Cl)cc2)c(Cl)n(-c2ccc(N(C)C(=O)C=CCN(C)C3CC3)cc2)c1NC. The molecule has 0 radical (unpaired) electrons. The highest BCUT2D eigenvalue weighted by Crippen LogP contribution is 2.42. The fourth-order valence-corrected chi connectivity index (χ4v) is 4.77. The molecule has 2 N–H and O–H groups in total. The molecular weight excluding hydrogens is 507 g/mol. The predicted octanol–water partition coefficient (Wildman–Crippen LogP) is 6.13. The molecule has 1 aliphatic rings. The van der Waals surface area contributed by atoms with Crippen molar-refractivity contribution in [3.8, 4) is 16.8 Å². The number of amides is 1. The van der Waals surface area contributed by atoms with Gasteiger partial charge in [0.25, 0.3) is 0 Å². The number of amidine groups is 1. The van der Waals surface area contributed by atoms with E-state index < -0.39 is 0 Å². The topological polar surface area (TPSA) is 76.7 Å². The molecule has 4 rings (SSSR count). The van der Waals surface area contributed by atoms with E-state index in [1.807, 2.05) is 47.0 Å². The van der Waals surface area contributed by atoms with Crippen LogP contribution in [0.5, 0.6) is 0 Å². The molecule has 37 heavy (non-hydrogen) atoms. The second-order valence-electron chi connectivity index (χ2n) is 8.98. The first-order valence-corrected chi connectivity index (χ1v) is 12.7. The van der Waals surface area contributed by atoms with Crippen molar-refractivity contribution in [3.63, 3.8) is 0 Å². The number of anilines is 2. The Balaban J connectivity index is 1.65. The molecule has 0 unspecified atom stereocenters. The van der Waals surface area contributed by atoms with Gasteiger partial charge in [0.15, 0.2) is 5.84 Å². The number of aromatic nitrogens is 1. The van der Waals surface area contributed by atoms with Gasteiger partial charge in [0.1, 0.15) is 11.0 Å². The summed E-state index contributed by atoms with van der Waals surface area (Å²) in [6.07, 6.45) is 6.00. The maximum absolute atomic E-state index is 12.7. The molecule has 0 bridgehead atoms. The van der Waals surface area contributed by atoms with Crippen LogP contribution in [0.3, 0.4) is 0 Å². The number of carbonyl (C=O) groups excluding carboxylic acids is 1. The van der Waals surface area contributed by atoms with Gasteiger partial charge in [-0.3, -0.25) is 19.7 Å². The lowest BCUT2D eigenvalue weighted by Gasteiger charge is -2.17. The summed E-state index contributed by atoms with van der Waals surface area (Å²) in [5, 5.41) is 12.6. The Morgan fingerprint density at radius 2 is 1.81 bits per heavy atom. The zero-order chi connectivity index (χ0) is 26.7. The standard InChI is InChI=1S/C28H30Cl2N6O/c1-32-27(31)25-24(18-7-9-19(29)10-8-18)26(30)36(28(25)33-2)22-15-13-21(14-16-22)35(4)23(37)6-5-17-34(3)20-11-12-20/h5-10,13-16,20,31,33H,1,11-12,17H2,2-4H3. The second kappa shape index (κ2) is 11.3. The molecule has 1 aliphatic carbocycles. The number of hydrogen-bond acceptors (Lipinski definition) is 4. The summed E-state index contributed by atoms with van der Waals surface area (Å²) in [7, 11) is 5.60. The van der Waals surface area contributed by atoms with E-state index in [2.05, 4.69) is 29.0 Å². The molecule has 3 aromatic rings. The number of nitrogens with one attached hydrogen (secondary N) is 2. The number of aliphatic imine (C=N–C) groups is 1. The van der Waals surface area contributed by atoms with E-state index in [0.29, 0.717) is 33.2 Å². The quantitative estimate of drug-likeness (QED) is 0.196. The van der Waals surface area contributed by atoms with Crippen molar-refractivity contribution in [1.82, 2.24) is 9.47 Å². The van der Waals surface area contributed by atoms with Crippen LogP contribution in [0, 0.1) is 5.41 Å². The van der Waals surface area contributed by atoms with Crippen LogP contribution in [-0.4, -0.2) is 61.7 Å². The first-order chi connectivity index (χ1) is 17.8. The van der Waals surface area contributed by atoms with Crippen molar-refractivity contribution in [3.05, 3.63) is 76.4 Å². The summed E-state index contributed by atoms with van der Waals surface area (Å²) in [5.74, 6) is 0.507. The maximum Gasteiger partial charge on any atom is 0.250 e. The van der Waals surface area contributed by atoms with Crippen molar-refractivity contribution < 1.29 is 4.79 Å². The summed E-state index contributed by atoms with van der Waals surface area (Å²) < 4.78 is 1.82. The molecule has 1 aromatic heterocycles. The summed E-state index contributed by atoms with van der Waals surface area (Å²) >= 11 is 13.0. The van der Waals surface area contributed by atoms with Gasteiger partial charge in [0.2, 0.25) is 5.91 Å². The van der Waals surface area contributed by atoms with Crippen molar-refractivity contribution in [2.75, 3.05) is 37.9 Å². The van der Waals surface area contributed by atoms with E-state index in [1.54, 1.807) is 37.2 Å². The highest BCUT2D eigenvalue weighted by Gasteiger charge is 2.26. The normalized spacial score (nSPS) is 13.2. The first kappa shape index (κ1) is 26.7. The molecule has 7 nitrogen and oxygen atoms in total. The lowest BCUT2D eigenvalue weighted by Crippen LogP contribution is -2.25. The summed E-state index contributed by atoms with van der Waals surface area (Å²) in [4.78, 5) is 20.4. The van der Waals surface area contributed by atoms with Crippen LogP contribution in [0.15, 0.2) is 65.7 Å². The van der Waals surface area contributed by atoms with Crippen molar-refractivity contribution in [2.24, 2.45) is 4.99 Å². The van der Waals surface area contributed by atoms with Crippen molar-refractivity contribution >= 4 is 53.2 Å². The Morgan fingerprint density at radius 3 is 2.38 bits per heavy atom. The van der Waals surface area contributed by atoms with Gasteiger partial charge in [-0.25, -0.2) is 4.99 Å². The third kappa shape index (κ3) is 5.64. The number of likely N-dealkylation sites (N-methyl/N-ethyl adjacent to an activating group) is 2. The molecule has 0 saturated heterocycles. The lowest BCUT2D eigenvalue weighted by atomic mass is 10.0. The minimum atomic E-state index is -0.0929. The van der Waals surface area contributed by atoms with Crippen LogP contribution in [0.1, 0.15) is 18.4 Å². The van der Waals surface area contributed by atoms with E-state index in [1.165, 1.54) is 12.8 Å². The zero-order valence-electron chi connectivity index (χ0n) is 21.1. The van der Waals surface area contributed by atoms with Crippen molar-refractivity contribution in [1.29, 1.82) is 5.41 Å². The van der Waals surface area contributed by atoms with E-state index in [0.717, 1.165) is 23.5 Å². The second-order valence-corrected chi connectivity index (χ2v) is 9.77. The molecular formula is C28H30Cl2N6O. The molecule has 0 aliphatic heterocycles. The number of hydrogen-bond donors (Lipinski definition) is 2. The zero-order valence-corrected chi connectivity index (χ0v) is 22.6. The van der Waals surface area contributed by atoms with Crippen LogP contribution < -0.4 is 10.2 Å². The molecule has 1 saturated carbocycles. The number of rotatable bonds is 9. The van der Waals surface area contributed by atoms with Gasteiger partial charge in [-0.1, -0.05) is 41.4 Å². The van der Waals surface area contributed by atoms with Gasteiger partial charge in [0, 0.05) is 54.7 Å². The van der Waals surface area contributed by atoms with E-state index in [9.17, 15) is 4.79 Å². The van der Waals surface area contributed by atoms with Gasteiger partial charge in [-0.15, -0.1) is 0 Å². The molecule has 1 fully saturated rings. The Labute approximate surface area is 227 Å². The predicted molar refractivity (Wildman–Crippen MR) is 155 cm³/mol. The lowest BCUT2D eigenvalue weighted by molar-refractivity contribution is -0.113. The largest absolute Gasteiger partial charge is 0.374 e. The van der Waals surface area contributed by atoms with E-state index >= 15 is 0 Å². The van der Waals surface area contributed by atoms with Crippen LogP contribution in [0.2, 0.25) is 10.2 Å². The van der Waals surface area contributed by atoms with Gasteiger partial charge >= 0.3 is 0 Å². The summed E-state index contributed by atoms with van der Waals surface area (Å²) in [6.45, 7) is 4.30. The number of benzene rings is 2. The Morgan fingerprint density at radius 1 is 1.16 bits per heavy atom. The summed E-state index contributed by atoms with van der Waals surface area (Å²) in [5.41, 5.74) is 3.50. The molecule has 1 heterocycles. The van der Waals surface area contributed by atoms with Crippen LogP contribution in [0.4, 0.5) is 11.5 Å². The van der Waals surface area contributed by atoms with Gasteiger partial charge in [-0.2, -0.15) is 0 Å². The van der Waals surface area contributed by atoms with Gasteiger partial charge in [0.05, 0.1) is 5.56 Å². The average Bonchev–Trinajstić information content (AvgIpc) is 3.72. The molecule has 0 spiro atoms. The van der Waals surface area contributed by atoms with E-state index in [4.69, 9.17) is 28.6 Å². The fraction of sp³-hybridized carbons (Fsp3) is 0.250. The smallest absolute Gasteiger partial charge is 0.250 e. The van der Waals surface area contributed by atoms with Gasteiger partial charge in [-0.05, 0) is 68.6 Å². The van der Waals surface area contributed by atoms with Crippen LogP contribution in [0.25, 0.3) is 16.8 Å². The Bertz CT molecular complexity index is 1340. The minimum absolute atomic E-state index is 0.00369. The molecule has 2 aromatic carbocycles. The first-order valence-electron chi connectivity index (χ1n) is 11.9. The van der Waals surface area contributed by atoms with Crippen molar-refractivity contribution in [2.45, 2.75) is 18.9 Å². The highest BCUT2D eigenvalue weighted by molar-refractivity contribution is 6.35. The monoisotopic (exact) mass is 536 g/mol. The number of halogens is 2. The molecule has 9 heteroatoms. The third-order valence-electron chi connectivity index (χ3n) is 6.53. The minimum Gasteiger partial charge on any atom is -0.374 e. The fourth-order valence-electron chi connectivity index (χ4n) is 4.26. The summed E-state index contributed by atoms with van der Waals surface area (Å²) in [6, 6.07) is 15.4. The molecule has 0 atom stereocenters.